The van der Waals surface area contributed by atoms with Crippen LogP contribution < -0.4 is 0 Å². The first kappa shape index (κ1) is 10.1. The normalized spacial score (nSPS) is 12.3. The Morgan fingerprint density at radius 2 is 2.00 bits per heavy atom. The van der Waals surface area contributed by atoms with Crippen LogP contribution in [0.2, 0.25) is 0 Å². The number of esters is 1. The van der Waals surface area contributed by atoms with Gasteiger partial charge >= 0.3 is 5.97 Å². The van der Waals surface area contributed by atoms with Crippen molar-refractivity contribution in [2.45, 2.75) is 25.9 Å². The summed E-state index contributed by atoms with van der Waals surface area (Å²) in [6.07, 6.45) is -1.01. The van der Waals surface area contributed by atoms with E-state index in [1.807, 2.05) is 0 Å². The van der Waals surface area contributed by atoms with Crippen LogP contribution in [-0.4, -0.2) is 30.1 Å². The van der Waals surface area contributed by atoms with Gasteiger partial charge in [-0.05, 0) is 6.92 Å². The van der Waals surface area contributed by atoms with Crippen LogP contribution in [-0.2, 0) is 14.3 Å². The van der Waals surface area contributed by atoms with Gasteiger partial charge in [0.05, 0.1) is 19.6 Å². The Balaban J connectivity index is 3.60. The Kier molecular flexibility index (Phi) is 4.45. The number of ether oxygens (including phenoxy) is 1. The summed E-state index contributed by atoms with van der Waals surface area (Å²) < 4.78 is 4.29. The average Bonchev–Trinajstić information content (AvgIpc) is 1.85. The number of hydrogen-bond acceptors (Lipinski definition) is 4. The van der Waals surface area contributed by atoms with Crippen molar-refractivity contribution in [1.82, 2.24) is 0 Å². The smallest absolute Gasteiger partial charge is 0.308 e. The van der Waals surface area contributed by atoms with Crippen molar-refractivity contribution < 1.29 is 19.4 Å². The minimum absolute atomic E-state index is 0.00903. The van der Waals surface area contributed by atoms with Gasteiger partial charge < -0.3 is 9.84 Å². The van der Waals surface area contributed by atoms with Gasteiger partial charge in [0.1, 0.15) is 5.78 Å². The Labute approximate surface area is 65.2 Å². The molecule has 0 aromatic carbocycles. The van der Waals surface area contributed by atoms with Crippen LogP contribution in [0.3, 0.4) is 0 Å². The molecule has 0 aliphatic heterocycles. The molecule has 0 amide bonds. The van der Waals surface area contributed by atoms with E-state index in [1.54, 1.807) is 0 Å². The third-order valence-corrected chi connectivity index (χ3v) is 1.15. The lowest BCUT2D eigenvalue weighted by atomic mass is 10.1. The molecule has 0 fully saturated rings. The predicted molar refractivity (Wildman–Crippen MR) is 37.9 cm³/mol. The molecule has 0 aliphatic rings. The summed E-state index contributed by atoms with van der Waals surface area (Å²) in [5, 5.41) is 9.00. The molecule has 0 heterocycles. The zero-order valence-corrected chi connectivity index (χ0v) is 6.66. The number of carbonyl (C=O) groups excluding carboxylic acids is 2. The van der Waals surface area contributed by atoms with E-state index < -0.39 is 12.1 Å². The minimum atomic E-state index is -0.903. The van der Waals surface area contributed by atoms with Crippen LogP contribution in [0.5, 0.6) is 0 Å². The molecule has 0 bridgehead atoms. The lowest BCUT2D eigenvalue weighted by Crippen LogP contribution is -2.17. The van der Waals surface area contributed by atoms with E-state index in [0.29, 0.717) is 0 Å². The van der Waals surface area contributed by atoms with E-state index in [2.05, 4.69) is 4.74 Å². The second-order valence-electron chi connectivity index (χ2n) is 2.34. The van der Waals surface area contributed by atoms with E-state index in [-0.39, 0.29) is 18.6 Å². The molecule has 0 aliphatic carbocycles. The van der Waals surface area contributed by atoms with Gasteiger partial charge in [-0.25, -0.2) is 0 Å². The van der Waals surface area contributed by atoms with Crippen molar-refractivity contribution >= 4 is 11.8 Å². The number of carbonyl (C=O) groups is 2. The molecule has 11 heavy (non-hydrogen) atoms. The standard InChI is InChI=1S/C7H12O4/c1-5(8)3-6(9)4-7(10)11-2/h6,9H,3-4H2,1-2H3. The number of aliphatic hydroxyl groups excluding tert-OH is 1. The first-order chi connectivity index (χ1) is 5.06. The number of Topliss-reactive ketones (excluding diaryl/α,β-unsaturated/α-hetero) is 1. The number of ketones is 1. The van der Waals surface area contributed by atoms with E-state index >= 15 is 0 Å². The topological polar surface area (TPSA) is 63.6 Å². The Bertz CT molecular complexity index is 153. The van der Waals surface area contributed by atoms with Crippen LogP contribution in [0, 0.1) is 0 Å². The van der Waals surface area contributed by atoms with Gasteiger partial charge in [-0.2, -0.15) is 0 Å². The third kappa shape index (κ3) is 5.54. The Hall–Kier alpha value is -0.900. The highest BCUT2D eigenvalue weighted by Crippen LogP contribution is 1.99. The summed E-state index contributed by atoms with van der Waals surface area (Å²) >= 11 is 0. The van der Waals surface area contributed by atoms with Crippen molar-refractivity contribution in [2.75, 3.05) is 7.11 Å². The van der Waals surface area contributed by atoms with E-state index in [4.69, 9.17) is 5.11 Å². The fourth-order valence-electron chi connectivity index (χ4n) is 0.680. The quantitative estimate of drug-likeness (QED) is 0.583. The maximum atomic E-state index is 10.5. The van der Waals surface area contributed by atoms with Crippen molar-refractivity contribution in [1.29, 1.82) is 0 Å². The molecule has 4 nitrogen and oxygen atoms in total. The van der Waals surface area contributed by atoms with Crippen molar-refractivity contribution in [3.63, 3.8) is 0 Å². The zero-order chi connectivity index (χ0) is 8.85. The molecule has 0 aromatic rings. The van der Waals surface area contributed by atoms with Crippen LogP contribution in [0.4, 0.5) is 0 Å². The van der Waals surface area contributed by atoms with Crippen molar-refractivity contribution in [2.24, 2.45) is 0 Å². The van der Waals surface area contributed by atoms with E-state index in [1.165, 1.54) is 14.0 Å². The second kappa shape index (κ2) is 4.85. The summed E-state index contributed by atoms with van der Waals surface area (Å²) in [4.78, 5) is 20.9. The molecule has 0 spiro atoms. The number of hydrogen-bond donors (Lipinski definition) is 1. The van der Waals surface area contributed by atoms with Crippen LogP contribution >= 0.6 is 0 Å². The minimum Gasteiger partial charge on any atom is -0.469 e. The monoisotopic (exact) mass is 160 g/mol. The van der Waals surface area contributed by atoms with Gasteiger partial charge in [0.2, 0.25) is 0 Å². The van der Waals surface area contributed by atoms with Gasteiger partial charge in [0.15, 0.2) is 0 Å². The Morgan fingerprint density at radius 1 is 1.45 bits per heavy atom. The molecule has 64 valence electrons. The van der Waals surface area contributed by atoms with Crippen molar-refractivity contribution in [3.8, 4) is 0 Å². The molecule has 0 rings (SSSR count). The van der Waals surface area contributed by atoms with Crippen molar-refractivity contribution in [3.05, 3.63) is 0 Å². The molecular weight excluding hydrogens is 148 g/mol. The average molecular weight is 160 g/mol. The second-order valence-corrected chi connectivity index (χ2v) is 2.34. The molecule has 4 heteroatoms. The van der Waals surface area contributed by atoms with Gasteiger partial charge in [-0.1, -0.05) is 0 Å². The number of methoxy groups -OCH3 is 1. The first-order valence-corrected chi connectivity index (χ1v) is 3.30. The molecule has 1 N–H and O–H groups in total. The van der Waals surface area contributed by atoms with Gasteiger partial charge in [0.25, 0.3) is 0 Å². The fourth-order valence-corrected chi connectivity index (χ4v) is 0.680. The summed E-state index contributed by atoms with van der Waals surface area (Å²) in [6.45, 7) is 1.36. The molecule has 0 saturated heterocycles. The highest BCUT2D eigenvalue weighted by atomic mass is 16.5. The summed E-state index contributed by atoms with van der Waals surface area (Å²) in [6, 6.07) is 0. The Morgan fingerprint density at radius 3 is 2.36 bits per heavy atom. The summed E-state index contributed by atoms with van der Waals surface area (Å²) in [5.74, 6) is -0.639. The van der Waals surface area contributed by atoms with Crippen LogP contribution in [0.15, 0.2) is 0 Å². The maximum absolute atomic E-state index is 10.5. The number of rotatable bonds is 4. The SMILES string of the molecule is COC(=O)CC(O)CC(C)=O. The fraction of sp³-hybridized carbons (Fsp3) is 0.714. The zero-order valence-electron chi connectivity index (χ0n) is 6.66. The summed E-state index contributed by atoms with van der Waals surface area (Å²) in [5.41, 5.74) is 0. The highest BCUT2D eigenvalue weighted by molar-refractivity contribution is 5.77. The van der Waals surface area contributed by atoms with Crippen LogP contribution in [0.1, 0.15) is 19.8 Å². The van der Waals surface area contributed by atoms with Gasteiger partial charge in [-0.3, -0.25) is 9.59 Å². The number of aliphatic hydroxyl groups is 1. The predicted octanol–water partition coefficient (Wildman–Crippen LogP) is -0.111. The largest absolute Gasteiger partial charge is 0.469 e. The van der Waals surface area contributed by atoms with Gasteiger partial charge in [-0.15, -0.1) is 0 Å². The molecule has 0 radical (unpaired) electrons. The molecule has 0 saturated carbocycles. The van der Waals surface area contributed by atoms with E-state index in [0.717, 1.165) is 0 Å². The molecule has 0 aromatic heterocycles. The third-order valence-electron chi connectivity index (χ3n) is 1.15. The van der Waals surface area contributed by atoms with Gasteiger partial charge in [0, 0.05) is 6.42 Å². The highest BCUT2D eigenvalue weighted by Gasteiger charge is 2.12. The van der Waals surface area contributed by atoms with Crippen LogP contribution in [0.25, 0.3) is 0 Å². The maximum Gasteiger partial charge on any atom is 0.308 e. The lowest BCUT2D eigenvalue weighted by molar-refractivity contribution is -0.143. The molecule has 1 atom stereocenters. The first-order valence-electron chi connectivity index (χ1n) is 3.30. The molecular formula is C7H12O4. The van der Waals surface area contributed by atoms with E-state index in [9.17, 15) is 9.59 Å². The summed E-state index contributed by atoms with van der Waals surface area (Å²) in [7, 11) is 1.24. The lowest BCUT2D eigenvalue weighted by Gasteiger charge is -2.05. The molecule has 1 unspecified atom stereocenters.